The van der Waals surface area contributed by atoms with Gasteiger partial charge in [-0.25, -0.2) is 14.8 Å². The van der Waals surface area contributed by atoms with Gasteiger partial charge in [0.05, 0.1) is 12.2 Å². The highest BCUT2D eigenvalue weighted by Crippen LogP contribution is 2.38. The van der Waals surface area contributed by atoms with Crippen LogP contribution >= 0.6 is 11.6 Å². The maximum atomic E-state index is 13.0. The Balaban J connectivity index is 1.59. The number of aromatic nitrogens is 2. The summed E-state index contributed by atoms with van der Waals surface area (Å²) in [5.41, 5.74) is 4.77. The molecule has 0 saturated heterocycles. The molecule has 0 aliphatic heterocycles. The number of rotatable bonds is 7. The Morgan fingerprint density at radius 1 is 1.08 bits per heavy atom. The third-order valence-electron chi connectivity index (χ3n) is 6.54. The van der Waals surface area contributed by atoms with Crippen LogP contribution < -0.4 is 4.74 Å². The Kier molecular flexibility index (Phi) is 8.08. The van der Waals surface area contributed by atoms with Gasteiger partial charge in [-0.05, 0) is 95.3 Å². The molecule has 1 aliphatic rings. The van der Waals surface area contributed by atoms with Crippen LogP contribution in [0.4, 0.5) is 4.79 Å². The molecule has 0 radical (unpaired) electrons. The van der Waals surface area contributed by atoms with Crippen LogP contribution in [0.15, 0.2) is 54.9 Å². The van der Waals surface area contributed by atoms with Crippen LogP contribution in [0.5, 0.6) is 5.75 Å². The molecule has 196 valence electrons. The molecule has 1 amide bonds. The number of carbonyl (C=O) groups is 1. The van der Waals surface area contributed by atoms with Gasteiger partial charge in [0.25, 0.3) is 0 Å². The van der Waals surface area contributed by atoms with Crippen molar-refractivity contribution >= 4 is 17.7 Å². The molecule has 3 aromatic rings. The van der Waals surface area contributed by atoms with E-state index >= 15 is 0 Å². The molecule has 0 bridgehead atoms. The lowest BCUT2D eigenvalue weighted by Gasteiger charge is -2.33. The lowest BCUT2D eigenvalue weighted by atomic mass is 9.99. The van der Waals surface area contributed by atoms with E-state index in [0.29, 0.717) is 23.2 Å². The number of carbonyl (C=O) groups excluding carboxylic acids is 1. The molecule has 6 nitrogen and oxygen atoms in total. The summed E-state index contributed by atoms with van der Waals surface area (Å²) in [6, 6.07) is 15.4. The van der Waals surface area contributed by atoms with Gasteiger partial charge in [-0.15, -0.1) is 0 Å². The molecular weight excluding hydrogens is 486 g/mol. The van der Waals surface area contributed by atoms with Crippen molar-refractivity contribution in [1.82, 2.24) is 14.9 Å². The molecule has 1 heterocycles. The molecule has 2 aromatic carbocycles. The van der Waals surface area contributed by atoms with Crippen LogP contribution in [0.25, 0.3) is 11.3 Å². The van der Waals surface area contributed by atoms with E-state index in [9.17, 15) is 4.79 Å². The van der Waals surface area contributed by atoms with Gasteiger partial charge in [0, 0.05) is 27.9 Å². The van der Waals surface area contributed by atoms with Crippen molar-refractivity contribution in [2.24, 2.45) is 0 Å². The van der Waals surface area contributed by atoms with E-state index in [-0.39, 0.29) is 12.1 Å². The lowest BCUT2D eigenvalue weighted by molar-refractivity contribution is 0.00977. The van der Waals surface area contributed by atoms with E-state index in [2.05, 4.69) is 16.9 Å². The standard InChI is InChI=1S/C30H36ClN3O3/c1-19(2)34(29(35)37-30(4,5)6)17-26(21-8-12-23(31)13-9-21)36-24-14-10-22(11-15-24)28-27-20(3)7-16-25(27)32-18-33-28/h8-15,18-20,26H,7,16-17H2,1-6H3. The van der Waals surface area contributed by atoms with E-state index in [1.165, 1.54) is 5.56 Å². The van der Waals surface area contributed by atoms with Gasteiger partial charge in [0.15, 0.2) is 0 Å². The SMILES string of the molecule is CC1CCc2ncnc(-c3ccc(OC(CN(C(=O)OC(C)(C)C)C(C)C)c4ccc(Cl)cc4)cc3)c21. The maximum Gasteiger partial charge on any atom is 0.410 e. The van der Waals surface area contributed by atoms with E-state index in [1.807, 2.05) is 83.1 Å². The number of hydrogen-bond donors (Lipinski definition) is 0. The van der Waals surface area contributed by atoms with Crippen molar-refractivity contribution in [1.29, 1.82) is 0 Å². The first-order valence-electron chi connectivity index (χ1n) is 12.9. The number of hydrogen-bond acceptors (Lipinski definition) is 5. The molecule has 37 heavy (non-hydrogen) atoms. The zero-order valence-electron chi connectivity index (χ0n) is 22.5. The van der Waals surface area contributed by atoms with Crippen molar-refractivity contribution in [3.05, 3.63) is 76.7 Å². The van der Waals surface area contributed by atoms with Crippen LogP contribution in [-0.2, 0) is 11.2 Å². The second-order valence-electron chi connectivity index (χ2n) is 10.9. The van der Waals surface area contributed by atoms with Crippen LogP contribution in [0, 0.1) is 0 Å². The molecule has 4 rings (SSSR count). The highest BCUT2D eigenvalue weighted by Gasteiger charge is 2.29. The van der Waals surface area contributed by atoms with Crippen LogP contribution in [0.1, 0.15) is 76.8 Å². The van der Waals surface area contributed by atoms with Crippen LogP contribution in [0.2, 0.25) is 5.02 Å². The minimum absolute atomic E-state index is 0.0718. The monoisotopic (exact) mass is 521 g/mol. The predicted octanol–water partition coefficient (Wildman–Crippen LogP) is 7.61. The fraction of sp³-hybridized carbons (Fsp3) is 0.433. The predicted molar refractivity (Wildman–Crippen MR) is 147 cm³/mol. The summed E-state index contributed by atoms with van der Waals surface area (Å²) >= 11 is 6.15. The third-order valence-corrected chi connectivity index (χ3v) is 6.79. The molecule has 0 saturated carbocycles. The fourth-order valence-corrected chi connectivity index (χ4v) is 4.74. The van der Waals surface area contributed by atoms with Gasteiger partial charge in [0.1, 0.15) is 23.8 Å². The number of fused-ring (bicyclic) bond motifs is 1. The van der Waals surface area contributed by atoms with E-state index in [0.717, 1.165) is 35.4 Å². The topological polar surface area (TPSA) is 64.6 Å². The van der Waals surface area contributed by atoms with Gasteiger partial charge in [-0.3, -0.25) is 0 Å². The lowest BCUT2D eigenvalue weighted by Crippen LogP contribution is -2.43. The molecule has 2 atom stereocenters. The van der Waals surface area contributed by atoms with E-state index in [4.69, 9.17) is 21.1 Å². The number of nitrogens with zero attached hydrogens (tertiary/aromatic N) is 3. The Morgan fingerprint density at radius 2 is 1.76 bits per heavy atom. The summed E-state index contributed by atoms with van der Waals surface area (Å²) in [4.78, 5) is 23.8. The van der Waals surface area contributed by atoms with Crippen LogP contribution in [0.3, 0.4) is 0 Å². The van der Waals surface area contributed by atoms with Crippen molar-refractivity contribution in [3.8, 4) is 17.0 Å². The molecule has 0 N–H and O–H groups in total. The van der Waals surface area contributed by atoms with Gasteiger partial charge in [-0.2, -0.15) is 0 Å². The van der Waals surface area contributed by atoms with E-state index in [1.54, 1.807) is 11.2 Å². The van der Waals surface area contributed by atoms with Gasteiger partial charge < -0.3 is 14.4 Å². The summed E-state index contributed by atoms with van der Waals surface area (Å²) in [7, 11) is 0. The first kappa shape index (κ1) is 26.9. The quantitative estimate of drug-likeness (QED) is 0.320. The number of ether oxygens (including phenoxy) is 2. The van der Waals surface area contributed by atoms with Gasteiger partial charge in [0.2, 0.25) is 0 Å². The first-order valence-corrected chi connectivity index (χ1v) is 13.3. The summed E-state index contributed by atoms with van der Waals surface area (Å²) < 4.78 is 12.2. The number of amides is 1. The molecule has 1 aromatic heterocycles. The second-order valence-corrected chi connectivity index (χ2v) is 11.4. The molecule has 0 spiro atoms. The Bertz CT molecular complexity index is 1220. The molecule has 2 unspecified atom stereocenters. The van der Waals surface area contributed by atoms with Crippen molar-refractivity contribution in [2.45, 2.75) is 78.0 Å². The van der Waals surface area contributed by atoms with Crippen molar-refractivity contribution < 1.29 is 14.3 Å². The van der Waals surface area contributed by atoms with Crippen molar-refractivity contribution in [3.63, 3.8) is 0 Å². The Morgan fingerprint density at radius 3 is 2.38 bits per heavy atom. The first-order chi connectivity index (χ1) is 17.5. The molecule has 7 heteroatoms. The average Bonchev–Trinajstić information content (AvgIpc) is 3.22. The largest absolute Gasteiger partial charge is 0.484 e. The normalized spacial score (nSPS) is 15.8. The Hall–Kier alpha value is -3.12. The minimum Gasteiger partial charge on any atom is -0.484 e. The van der Waals surface area contributed by atoms with Crippen LogP contribution in [-0.4, -0.2) is 39.1 Å². The zero-order valence-corrected chi connectivity index (χ0v) is 23.2. The summed E-state index contributed by atoms with van der Waals surface area (Å²) in [6.07, 6.45) is 2.98. The molecular formula is C30H36ClN3O3. The van der Waals surface area contributed by atoms with Gasteiger partial charge in [-0.1, -0.05) is 30.7 Å². The summed E-state index contributed by atoms with van der Waals surface area (Å²) in [5.74, 6) is 1.15. The maximum absolute atomic E-state index is 13.0. The minimum atomic E-state index is -0.588. The number of benzene rings is 2. The van der Waals surface area contributed by atoms with E-state index < -0.39 is 11.7 Å². The summed E-state index contributed by atoms with van der Waals surface area (Å²) in [5, 5.41) is 0.645. The third kappa shape index (κ3) is 6.61. The number of aryl methyl sites for hydroxylation is 1. The van der Waals surface area contributed by atoms with Gasteiger partial charge >= 0.3 is 6.09 Å². The summed E-state index contributed by atoms with van der Waals surface area (Å²) in [6.45, 7) is 12.1. The molecule has 1 aliphatic carbocycles. The Labute approximate surface area is 225 Å². The van der Waals surface area contributed by atoms with Crippen molar-refractivity contribution in [2.75, 3.05) is 6.54 Å². The number of halogens is 1. The molecule has 0 fully saturated rings. The highest BCUT2D eigenvalue weighted by molar-refractivity contribution is 6.30. The smallest absolute Gasteiger partial charge is 0.410 e. The fourth-order valence-electron chi connectivity index (χ4n) is 4.62. The second kappa shape index (κ2) is 11.1. The highest BCUT2D eigenvalue weighted by atomic mass is 35.5. The average molecular weight is 522 g/mol. The zero-order chi connectivity index (χ0) is 26.7.